The summed E-state index contributed by atoms with van der Waals surface area (Å²) in [6.45, 7) is 4.60. The minimum atomic E-state index is -0.274. The van der Waals surface area contributed by atoms with Crippen molar-refractivity contribution in [3.05, 3.63) is 0 Å². The van der Waals surface area contributed by atoms with Crippen molar-refractivity contribution in [2.24, 2.45) is 5.92 Å². The topological polar surface area (TPSA) is 50.4 Å². The van der Waals surface area contributed by atoms with Gasteiger partial charge in [0.15, 0.2) is 0 Å². The third-order valence-electron chi connectivity index (χ3n) is 2.85. The van der Waals surface area contributed by atoms with Crippen molar-refractivity contribution in [1.82, 2.24) is 10.6 Å². The molecule has 4 nitrogen and oxygen atoms in total. The second-order valence-electron chi connectivity index (χ2n) is 3.81. The fourth-order valence-electron chi connectivity index (χ4n) is 1.94. The Kier molecular flexibility index (Phi) is 1.72. The van der Waals surface area contributed by atoms with Crippen LogP contribution in [0.25, 0.3) is 0 Å². The van der Waals surface area contributed by atoms with Gasteiger partial charge in [0.25, 0.3) is 0 Å². The van der Waals surface area contributed by atoms with Gasteiger partial charge in [-0.15, -0.1) is 0 Å². The first-order valence-corrected chi connectivity index (χ1v) is 4.36. The maximum atomic E-state index is 10.9. The van der Waals surface area contributed by atoms with Crippen LogP contribution in [0.15, 0.2) is 0 Å². The second-order valence-corrected chi connectivity index (χ2v) is 3.81. The Balaban J connectivity index is 2.05. The Morgan fingerprint density at radius 2 is 2.50 bits per heavy atom. The van der Waals surface area contributed by atoms with E-state index in [1.54, 1.807) is 0 Å². The van der Waals surface area contributed by atoms with Crippen LogP contribution in [0.3, 0.4) is 0 Å². The highest BCUT2D eigenvalue weighted by Gasteiger charge is 2.42. The third-order valence-corrected chi connectivity index (χ3v) is 2.85. The zero-order valence-electron chi connectivity index (χ0n) is 7.22. The molecule has 2 saturated heterocycles. The van der Waals surface area contributed by atoms with Gasteiger partial charge in [0.05, 0.1) is 5.54 Å². The predicted octanol–water partition coefficient (Wildman–Crippen LogP) is 0.0944. The van der Waals surface area contributed by atoms with E-state index in [0.717, 1.165) is 19.5 Å². The number of carbonyl (C=O) groups excluding carboxylic acids is 1. The van der Waals surface area contributed by atoms with Gasteiger partial charge in [-0.2, -0.15) is 0 Å². The number of amides is 1. The molecule has 2 atom stereocenters. The molecular weight excluding hydrogens is 156 g/mol. The molecule has 2 aliphatic rings. The van der Waals surface area contributed by atoms with Crippen molar-refractivity contribution in [2.75, 3.05) is 19.7 Å². The van der Waals surface area contributed by atoms with Gasteiger partial charge in [-0.3, -0.25) is 0 Å². The Hall–Kier alpha value is -0.770. The molecule has 0 saturated carbocycles. The quantitative estimate of drug-likeness (QED) is 0.586. The van der Waals surface area contributed by atoms with Gasteiger partial charge < -0.3 is 15.4 Å². The molecule has 2 fully saturated rings. The zero-order valence-corrected chi connectivity index (χ0v) is 7.22. The lowest BCUT2D eigenvalue weighted by Gasteiger charge is -2.27. The number of cyclic esters (lactones) is 1. The molecule has 12 heavy (non-hydrogen) atoms. The molecule has 2 heterocycles. The van der Waals surface area contributed by atoms with Crippen molar-refractivity contribution in [3.8, 4) is 0 Å². The van der Waals surface area contributed by atoms with E-state index >= 15 is 0 Å². The average molecular weight is 170 g/mol. The van der Waals surface area contributed by atoms with Crippen LogP contribution in [0.1, 0.15) is 13.3 Å². The normalized spacial score (nSPS) is 41.1. The average Bonchev–Trinajstić information content (AvgIpc) is 2.59. The highest BCUT2D eigenvalue weighted by molar-refractivity contribution is 5.70. The van der Waals surface area contributed by atoms with E-state index in [2.05, 4.69) is 17.6 Å². The second kappa shape index (κ2) is 2.62. The van der Waals surface area contributed by atoms with Crippen LogP contribution < -0.4 is 10.6 Å². The molecule has 2 unspecified atom stereocenters. The molecule has 2 N–H and O–H groups in total. The molecule has 2 rings (SSSR count). The summed E-state index contributed by atoms with van der Waals surface area (Å²) in [6, 6.07) is 0. The predicted molar refractivity (Wildman–Crippen MR) is 43.9 cm³/mol. The number of nitrogens with one attached hydrogen (secondary N) is 2. The van der Waals surface area contributed by atoms with Gasteiger partial charge in [-0.05, 0) is 25.8 Å². The van der Waals surface area contributed by atoms with Crippen molar-refractivity contribution in [3.63, 3.8) is 0 Å². The van der Waals surface area contributed by atoms with E-state index in [9.17, 15) is 4.79 Å². The number of rotatable bonds is 1. The number of alkyl carbamates (subject to hydrolysis) is 1. The molecule has 0 spiro atoms. The maximum absolute atomic E-state index is 10.9. The van der Waals surface area contributed by atoms with Crippen molar-refractivity contribution >= 4 is 6.09 Å². The third kappa shape index (κ3) is 1.16. The van der Waals surface area contributed by atoms with E-state index in [1.807, 2.05) is 0 Å². The first-order valence-electron chi connectivity index (χ1n) is 4.36. The van der Waals surface area contributed by atoms with Gasteiger partial charge in [-0.25, -0.2) is 4.79 Å². The van der Waals surface area contributed by atoms with Crippen molar-refractivity contribution in [1.29, 1.82) is 0 Å². The van der Waals surface area contributed by atoms with Gasteiger partial charge in [0.2, 0.25) is 0 Å². The van der Waals surface area contributed by atoms with Gasteiger partial charge in [0.1, 0.15) is 6.61 Å². The molecule has 4 heteroatoms. The molecule has 0 aromatic carbocycles. The highest BCUT2D eigenvalue weighted by atomic mass is 16.6. The Morgan fingerprint density at radius 1 is 1.67 bits per heavy atom. The van der Waals surface area contributed by atoms with Crippen molar-refractivity contribution in [2.45, 2.75) is 18.9 Å². The largest absolute Gasteiger partial charge is 0.447 e. The van der Waals surface area contributed by atoms with Crippen molar-refractivity contribution < 1.29 is 9.53 Å². The maximum Gasteiger partial charge on any atom is 0.407 e. The standard InChI is InChI=1S/C8H14N2O2/c1-8(5-12-7(11)10-8)6-2-3-9-4-6/h6,9H,2-5H2,1H3,(H,10,11). The SMILES string of the molecule is CC1(C2CCNC2)COC(=O)N1. The number of ether oxygens (including phenoxy) is 1. The minimum absolute atomic E-state index is 0.138. The van der Waals surface area contributed by atoms with Crippen LogP contribution in [0.2, 0.25) is 0 Å². The van der Waals surface area contributed by atoms with Crippen LogP contribution in [0, 0.1) is 5.92 Å². The summed E-state index contributed by atoms with van der Waals surface area (Å²) in [4.78, 5) is 10.9. The lowest BCUT2D eigenvalue weighted by atomic mass is 9.86. The number of hydrogen-bond acceptors (Lipinski definition) is 3. The number of hydrogen-bond donors (Lipinski definition) is 2. The summed E-state index contributed by atoms with van der Waals surface area (Å²) in [6.07, 6.45) is 0.851. The van der Waals surface area contributed by atoms with Crippen LogP contribution in [-0.2, 0) is 4.74 Å². The van der Waals surface area contributed by atoms with Crippen LogP contribution in [0.4, 0.5) is 4.79 Å². The molecular formula is C8H14N2O2. The highest BCUT2D eigenvalue weighted by Crippen LogP contribution is 2.26. The van der Waals surface area contributed by atoms with E-state index < -0.39 is 0 Å². The van der Waals surface area contributed by atoms with Gasteiger partial charge in [-0.1, -0.05) is 0 Å². The van der Waals surface area contributed by atoms with Gasteiger partial charge in [0, 0.05) is 6.54 Å². The van der Waals surface area contributed by atoms with Crippen LogP contribution in [0.5, 0.6) is 0 Å². The van der Waals surface area contributed by atoms with E-state index in [0.29, 0.717) is 12.5 Å². The molecule has 1 amide bonds. The minimum Gasteiger partial charge on any atom is -0.447 e. The summed E-state index contributed by atoms with van der Waals surface area (Å²) in [5, 5.41) is 6.15. The summed E-state index contributed by atoms with van der Waals surface area (Å²) >= 11 is 0. The Morgan fingerprint density at radius 3 is 3.00 bits per heavy atom. The first kappa shape index (κ1) is 7.86. The zero-order chi connectivity index (χ0) is 8.60. The smallest absolute Gasteiger partial charge is 0.407 e. The lowest BCUT2D eigenvalue weighted by molar-refractivity contribution is 0.166. The van der Waals surface area contributed by atoms with Crippen LogP contribution in [-0.4, -0.2) is 31.3 Å². The van der Waals surface area contributed by atoms with E-state index in [1.165, 1.54) is 0 Å². The molecule has 0 aromatic heterocycles. The molecule has 0 bridgehead atoms. The molecule has 2 aliphatic heterocycles. The monoisotopic (exact) mass is 170 g/mol. The fourth-order valence-corrected chi connectivity index (χ4v) is 1.94. The summed E-state index contributed by atoms with van der Waals surface area (Å²) in [5.74, 6) is 0.518. The Bertz CT molecular complexity index is 201. The molecule has 68 valence electrons. The summed E-state index contributed by atoms with van der Waals surface area (Å²) < 4.78 is 4.90. The first-order chi connectivity index (χ1) is 5.71. The molecule has 0 radical (unpaired) electrons. The fraction of sp³-hybridized carbons (Fsp3) is 0.875. The molecule has 0 aromatic rings. The van der Waals surface area contributed by atoms with E-state index in [4.69, 9.17) is 4.74 Å². The van der Waals surface area contributed by atoms with E-state index in [-0.39, 0.29) is 11.6 Å². The lowest BCUT2D eigenvalue weighted by Crippen LogP contribution is -2.48. The molecule has 0 aliphatic carbocycles. The number of carbonyl (C=O) groups is 1. The Labute approximate surface area is 71.7 Å². The summed E-state index contributed by atoms with van der Waals surface area (Å²) in [5.41, 5.74) is -0.138. The van der Waals surface area contributed by atoms with Crippen LogP contribution >= 0.6 is 0 Å². The van der Waals surface area contributed by atoms with Gasteiger partial charge >= 0.3 is 6.09 Å². The summed E-state index contributed by atoms with van der Waals surface area (Å²) in [7, 11) is 0.